The van der Waals surface area contributed by atoms with Gasteiger partial charge < -0.3 is 9.47 Å². The van der Waals surface area contributed by atoms with E-state index in [9.17, 15) is 4.79 Å². The molecule has 0 unspecified atom stereocenters. The number of aromatic amines is 1. The summed E-state index contributed by atoms with van der Waals surface area (Å²) in [5.74, 6) is 1.55. The zero-order chi connectivity index (χ0) is 22.9. The Labute approximate surface area is 191 Å². The molecule has 0 aliphatic rings. The zero-order valence-electron chi connectivity index (χ0n) is 18.2. The van der Waals surface area contributed by atoms with Crippen LogP contribution in [0.4, 0.5) is 5.95 Å². The monoisotopic (exact) mass is 440 g/mol. The Morgan fingerprint density at radius 1 is 0.939 bits per heavy atom. The molecule has 0 radical (unpaired) electrons. The third-order valence-corrected chi connectivity index (χ3v) is 4.70. The van der Waals surface area contributed by atoms with Crippen molar-refractivity contribution in [3.05, 3.63) is 106 Å². The first kappa shape index (κ1) is 21.8. The maximum Gasteiger partial charge on any atom is 0.252 e. The van der Waals surface area contributed by atoms with E-state index in [1.807, 2.05) is 85.8 Å². The molecule has 166 valence electrons. The van der Waals surface area contributed by atoms with E-state index >= 15 is 0 Å². The van der Waals surface area contributed by atoms with Crippen molar-refractivity contribution in [2.24, 2.45) is 5.10 Å². The second kappa shape index (κ2) is 10.8. The molecule has 1 heterocycles. The molecule has 0 aliphatic heterocycles. The molecule has 1 aromatic heterocycles. The minimum Gasteiger partial charge on any atom is -0.490 e. The summed E-state index contributed by atoms with van der Waals surface area (Å²) in [5.41, 5.74) is 5.82. The fourth-order valence-corrected chi connectivity index (χ4v) is 3.16. The van der Waals surface area contributed by atoms with E-state index in [2.05, 4.69) is 20.5 Å². The summed E-state index contributed by atoms with van der Waals surface area (Å²) in [6, 6.07) is 26.5. The minimum absolute atomic E-state index is 0.255. The second-order valence-corrected chi connectivity index (χ2v) is 7.13. The SMILES string of the molecule is CCOc1cc(/C=N\Nc2nc(-c3ccccc3)cc(=O)[nH]2)ccc1OCc1ccccc1. The van der Waals surface area contributed by atoms with Gasteiger partial charge in [-0.2, -0.15) is 5.10 Å². The summed E-state index contributed by atoms with van der Waals surface area (Å²) >= 11 is 0. The minimum atomic E-state index is -0.264. The molecule has 33 heavy (non-hydrogen) atoms. The van der Waals surface area contributed by atoms with Gasteiger partial charge in [-0.1, -0.05) is 60.7 Å². The van der Waals surface area contributed by atoms with E-state index < -0.39 is 0 Å². The highest BCUT2D eigenvalue weighted by Gasteiger charge is 2.07. The van der Waals surface area contributed by atoms with Crippen LogP contribution in [0.15, 0.2) is 94.8 Å². The van der Waals surface area contributed by atoms with Crippen LogP contribution in [0.2, 0.25) is 0 Å². The van der Waals surface area contributed by atoms with Crippen LogP contribution in [0.1, 0.15) is 18.1 Å². The summed E-state index contributed by atoms with van der Waals surface area (Å²) in [5, 5.41) is 4.21. The second-order valence-electron chi connectivity index (χ2n) is 7.13. The molecule has 7 heteroatoms. The fraction of sp³-hybridized carbons (Fsp3) is 0.115. The molecular formula is C26H24N4O3. The zero-order valence-corrected chi connectivity index (χ0v) is 18.2. The quantitative estimate of drug-likeness (QED) is 0.287. The Balaban J connectivity index is 1.46. The van der Waals surface area contributed by atoms with E-state index in [4.69, 9.17) is 9.47 Å². The van der Waals surface area contributed by atoms with Gasteiger partial charge in [0.2, 0.25) is 5.95 Å². The summed E-state index contributed by atoms with van der Waals surface area (Å²) in [6.07, 6.45) is 1.62. The molecule has 0 atom stereocenters. The number of H-pyrrole nitrogens is 1. The van der Waals surface area contributed by atoms with Gasteiger partial charge in [-0.3, -0.25) is 9.78 Å². The Kier molecular flexibility index (Phi) is 7.12. The molecule has 0 bridgehead atoms. The lowest BCUT2D eigenvalue weighted by Gasteiger charge is -2.12. The summed E-state index contributed by atoms with van der Waals surface area (Å²) in [7, 11) is 0. The average Bonchev–Trinajstić information content (AvgIpc) is 2.85. The average molecular weight is 441 g/mol. The summed E-state index contributed by atoms with van der Waals surface area (Å²) in [6.45, 7) is 2.88. The normalized spacial score (nSPS) is 10.8. The van der Waals surface area contributed by atoms with Crippen LogP contribution in [0.3, 0.4) is 0 Å². The van der Waals surface area contributed by atoms with Crippen LogP contribution in [0.25, 0.3) is 11.3 Å². The predicted octanol–water partition coefficient (Wildman–Crippen LogP) is 4.86. The lowest BCUT2D eigenvalue weighted by molar-refractivity contribution is 0.269. The highest BCUT2D eigenvalue weighted by molar-refractivity contribution is 5.81. The van der Waals surface area contributed by atoms with Crippen molar-refractivity contribution >= 4 is 12.2 Å². The first-order chi connectivity index (χ1) is 16.2. The number of hydrogen-bond donors (Lipinski definition) is 2. The Morgan fingerprint density at radius 2 is 1.70 bits per heavy atom. The topological polar surface area (TPSA) is 88.6 Å². The Morgan fingerprint density at radius 3 is 2.45 bits per heavy atom. The van der Waals surface area contributed by atoms with Gasteiger partial charge in [0.1, 0.15) is 6.61 Å². The van der Waals surface area contributed by atoms with Crippen LogP contribution < -0.4 is 20.5 Å². The third-order valence-electron chi connectivity index (χ3n) is 4.70. The van der Waals surface area contributed by atoms with E-state index in [1.165, 1.54) is 6.07 Å². The van der Waals surface area contributed by atoms with Crippen LogP contribution >= 0.6 is 0 Å². The highest BCUT2D eigenvalue weighted by atomic mass is 16.5. The standard InChI is InChI=1S/C26H24N4O3/c1-2-32-24-15-20(13-14-23(24)33-18-19-9-5-3-6-10-19)17-27-30-26-28-22(16-25(31)29-26)21-11-7-4-8-12-21/h3-17H,2,18H2,1H3,(H2,28,29,30,31)/b27-17-. The Bertz CT molecular complexity index is 1270. The molecular weight excluding hydrogens is 416 g/mol. The number of hydrazone groups is 1. The van der Waals surface area contributed by atoms with E-state index in [0.29, 0.717) is 30.4 Å². The summed E-state index contributed by atoms with van der Waals surface area (Å²) in [4.78, 5) is 19.1. The molecule has 0 amide bonds. The fourth-order valence-electron chi connectivity index (χ4n) is 3.16. The van der Waals surface area contributed by atoms with Crippen molar-refractivity contribution in [3.63, 3.8) is 0 Å². The molecule has 7 nitrogen and oxygen atoms in total. The maximum absolute atomic E-state index is 12.0. The predicted molar refractivity (Wildman–Crippen MR) is 130 cm³/mol. The molecule has 2 N–H and O–H groups in total. The number of nitrogens with one attached hydrogen (secondary N) is 2. The van der Waals surface area contributed by atoms with Crippen molar-refractivity contribution < 1.29 is 9.47 Å². The largest absolute Gasteiger partial charge is 0.490 e. The van der Waals surface area contributed by atoms with E-state index in [0.717, 1.165) is 16.7 Å². The van der Waals surface area contributed by atoms with Crippen molar-refractivity contribution in [3.8, 4) is 22.8 Å². The number of hydrogen-bond acceptors (Lipinski definition) is 6. The highest BCUT2D eigenvalue weighted by Crippen LogP contribution is 2.29. The number of aromatic nitrogens is 2. The molecule has 0 saturated heterocycles. The first-order valence-electron chi connectivity index (χ1n) is 10.6. The lowest BCUT2D eigenvalue weighted by Crippen LogP contribution is -2.10. The van der Waals surface area contributed by atoms with Crippen LogP contribution in [0, 0.1) is 0 Å². The van der Waals surface area contributed by atoms with Gasteiger partial charge in [-0.15, -0.1) is 0 Å². The molecule has 0 spiro atoms. The van der Waals surface area contributed by atoms with Gasteiger partial charge in [-0.25, -0.2) is 10.4 Å². The summed E-state index contributed by atoms with van der Waals surface area (Å²) < 4.78 is 11.7. The van der Waals surface area contributed by atoms with Crippen molar-refractivity contribution in [2.45, 2.75) is 13.5 Å². The van der Waals surface area contributed by atoms with Gasteiger partial charge in [0.25, 0.3) is 5.56 Å². The number of nitrogens with zero attached hydrogens (tertiary/aromatic N) is 2. The van der Waals surface area contributed by atoms with Crippen molar-refractivity contribution in [1.29, 1.82) is 0 Å². The third kappa shape index (κ3) is 6.07. The number of rotatable bonds is 9. The van der Waals surface area contributed by atoms with Crippen LogP contribution in [0.5, 0.6) is 11.5 Å². The molecule has 4 aromatic rings. The van der Waals surface area contributed by atoms with Gasteiger partial charge in [0, 0.05) is 11.6 Å². The van der Waals surface area contributed by atoms with Crippen molar-refractivity contribution in [2.75, 3.05) is 12.0 Å². The lowest BCUT2D eigenvalue weighted by atomic mass is 10.1. The van der Waals surface area contributed by atoms with E-state index in [1.54, 1.807) is 6.21 Å². The van der Waals surface area contributed by atoms with Gasteiger partial charge >= 0.3 is 0 Å². The smallest absolute Gasteiger partial charge is 0.252 e. The Hall–Kier alpha value is -4.39. The van der Waals surface area contributed by atoms with Gasteiger partial charge in [0.15, 0.2) is 11.5 Å². The van der Waals surface area contributed by atoms with Crippen molar-refractivity contribution in [1.82, 2.24) is 9.97 Å². The molecule has 3 aromatic carbocycles. The molecule has 0 aliphatic carbocycles. The number of anilines is 1. The molecule has 0 saturated carbocycles. The van der Waals surface area contributed by atoms with E-state index in [-0.39, 0.29) is 11.5 Å². The van der Waals surface area contributed by atoms with Gasteiger partial charge in [-0.05, 0) is 36.2 Å². The van der Waals surface area contributed by atoms with Crippen LogP contribution in [-0.4, -0.2) is 22.8 Å². The van der Waals surface area contributed by atoms with Gasteiger partial charge in [0.05, 0.1) is 18.5 Å². The maximum atomic E-state index is 12.0. The molecule has 4 rings (SSSR count). The number of ether oxygens (including phenoxy) is 2. The molecule has 0 fully saturated rings. The number of benzene rings is 3. The first-order valence-corrected chi connectivity index (χ1v) is 10.6. The van der Waals surface area contributed by atoms with Crippen LogP contribution in [-0.2, 0) is 6.61 Å².